The molecule has 4 heteroatoms. The van der Waals surface area contributed by atoms with Crippen LogP contribution < -0.4 is 42.3 Å². The van der Waals surface area contributed by atoms with Gasteiger partial charge in [-0.1, -0.05) is 178 Å². The number of fused-ring (bicyclic) bond motifs is 3. The molecule has 1 aliphatic heterocycles. The van der Waals surface area contributed by atoms with Crippen molar-refractivity contribution in [2.75, 3.05) is 0 Å². The van der Waals surface area contributed by atoms with E-state index in [-0.39, 0.29) is 6.71 Å². The summed E-state index contributed by atoms with van der Waals surface area (Å²) in [6.45, 7) is 4.86. The monoisotopic (exact) mass is 586 g/mol. The van der Waals surface area contributed by atoms with Crippen LogP contribution in [-0.2, 0) is 0 Å². The van der Waals surface area contributed by atoms with E-state index in [0.29, 0.717) is 9.19 Å². The largest absolute Gasteiger partial charge is 0.242 e. The Morgan fingerprint density at radius 1 is 0.524 bits per heavy atom. The van der Waals surface area contributed by atoms with Gasteiger partial charge in [0.15, 0.2) is 8.07 Å². The van der Waals surface area contributed by atoms with Gasteiger partial charge in [0.05, 0.1) is 0 Å². The van der Waals surface area contributed by atoms with E-state index >= 15 is 0 Å². The van der Waals surface area contributed by atoms with Crippen LogP contribution in [-0.4, -0.2) is 24.0 Å². The predicted octanol–water partition coefficient (Wildman–Crippen LogP) is 3.30. The van der Waals surface area contributed by atoms with Gasteiger partial charge in [-0.3, -0.25) is 0 Å². The Morgan fingerprint density at radius 2 is 0.952 bits per heavy atom. The van der Waals surface area contributed by atoms with Crippen molar-refractivity contribution in [3.05, 3.63) is 157 Å². The molecule has 7 rings (SSSR count). The molecule has 0 fully saturated rings. The summed E-state index contributed by atoms with van der Waals surface area (Å²) >= 11 is 0. The van der Waals surface area contributed by atoms with Crippen LogP contribution >= 0.6 is 8.79 Å². The summed E-state index contributed by atoms with van der Waals surface area (Å²) < 4.78 is 0. The molecule has 0 amide bonds. The van der Waals surface area contributed by atoms with Gasteiger partial charge in [-0.05, 0) is 45.7 Å². The van der Waals surface area contributed by atoms with Crippen LogP contribution in [0.5, 0.6) is 0 Å². The van der Waals surface area contributed by atoms with Crippen molar-refractivity contribution in [1.29, 1.82) is 0 Å². The molecule has 6 aromatic rings. The molecule has 1 unspecified atom stereocenters. The maximum Gasteiger partial charge on any atom is 0.242 e. The molecule has 42 heavy (non-hydrogen) atoms. The molecule has 1 atom stereocenters. The smallest absolute Gasteiger partial charge is 0.148 e. The summed E-state index contributed by atoms with van der Waals surface area (Å²) in [6, 6.07) is 55.0. The van der Waals surface area contributed by atoms with Crippen LogP contribution in [0.25, 0.3) is 11.1 Å². The van der Waals surface area contributed by atoms with Crippen molar-refractivity contribution in [3.8, 4) is 11.1 Å². The molecule has 1 heterocycles. The van der Waals surface area contributed by atoms with Crippen molar-refractivity contribution in [3.63, 3.8) is 0 Å². The first-order valence-electron chi connectivity index (χ1n) is 14.6. The Morgan fingerprint density at radius 3 is 1.43 bits per heavy atom. The molecule has 0 nitrogen and oxygen atoms in total. The number of hydrogen-bond donors (Lipinski definition) is 0. The Hall–Kier alpha value is -3.75. The lowest BCUT2D eigenvalue weighted by molar-refractivity contribution is 1.51. The highest BCUT2D eigenvalue weighted by Crippen LogP contribution is 2.25. The van der Waals surface area contributed by atoms with Gasteiger partial charge in [-0.25, -0.2) is 0 Å². The zero-order chi connectivity index (χ0) is 28.7. The summed E-state index contributed by atoms with van der Waals surface area (Å²) in [4.78, 5) is 0. The van der Waals surface area contributed by atoms with Gasteiger partial charge in [-0.2, -0.15) is 0 Å². The molecule has 200 valence electrons. The number of benzene rings is 6. The van der Waals surface area contributed by atoms with Crippen molar-refractivity contribution in [2.24, 2.45) is 0 Å². The molecule has 0 aromatic heterocycles. The molecule has 6 aromatic carbocycles. The van der Waals surface area contributed by atoms with E-state index in [2.05, 4.69) is 168 Å². The third-order valence-corrected chi connectivity index (χ3v) is 15.7. The average molecular weight is 587 g/mol. The van der Waals surface area contributed by atoms with Crippen LogP contribution in [0.15, 0.2) is 146 Å². The molecule has 1 aliphatic rings. The van der Waals surface area contributed by atoms with E-state index in [0.717, 1.165) is 0 Å². The SMILES string of the molecule is Cc1cc2c(cc1[Si]P)-c1cc([Si](c3ccccc3)(c3ccccc3)c3ccccc3)c(C)cc1B2c1ccccc1. The fourth-order valence-corrected chi connectivity index (χ4v) is 13.7. The maximum atomic E-state index is 2.97. The highest BCUT2D eigenvalue weighted by Gasteiger charge is 2.44. The lowest BCUT2D eigenvalue weighted by atomic mass is 9.39. The van der Waals surface area contributed by atoms with Crippen molar-refractivity contribution < 1.29 is 0 Å². The topological polar surface area (TPSA) is 0 Å². The molecule has 0 spiro atoms. The van der Waals surface area contributed by atoms with E-state index < -0.39 is 8.07 Å². The van der Waals surface area contributed by atoms with Gasteiger partial charge in [0, 0.05) is 0 Å². The molecule has 0 saturated heterocycles. The minimum absolute atomic E-state index is 0.241. The van der Waals surface area contributed by atoms with Crippen LogP contribution in [0, 0.1) is 13.8 Å². The molecule has 0 saturated carbocycles. The lowest BCUT2D eigenvalue weighted by Crippen LogP contribution is -2.75. The van der Waals surface area contributed by atoms with E-state index in [1.807, 2.05) is 0 Å². The second-order valence-corrected chi connectivity index (χ2v) is 16.8. The van der Waals surface area contributed by atoms with Gasteiger partial charge >= 0.3 is 0 Å². The Balaban J connectivity index is 1.59. The predicted molar refractivity (Wildman–Crippen MR) is 191 cm³/mol. The fourth-order valence-electron chi connectivity index (χ4n) is 7.17. The summed E-state index contributed by atoms with van der Waals surface area (Å²) in [5.41, 5.74) is 9.77. The number of aryl methyl sites for hydroxylation is 2. The standard InChI is InChI=1S/C38H32BPSi2/c1-27-23-35-33(25-37(27)41-40)34-26-38(28(2)24-36(34)39(35)29-15-7-3-8-16-29)42(30-17-9-4-10-18-30,31-19-11-5-12-20-31)32-21-13-6-14-22-32/h3-26H,40H2,1-2H3. The molecule has 2 radical (unpaired) electrons. The van der Waals surface area contributed by atoms with Crippen molar-refractivity contribution >= 4 is 75.1 Å². The zero-order valence-corrected chi connectivity index (χ0v) is 27.2. The van der Waals surface area contributed by atoms with Crippen LogP contribution in [0.2, 0.25) is 0 Å². The van der Waals surface area contributed by atoms with Gasteiger partial charge in [-0.15, -0.1) is 8.79 Å². The zero-order valence-electron chi connectivity index (χ0n) is 24.0. The average Bonchev–Trinajstić information content (AvgIpc) is 3.34. The Bertz CT molecular complexity index is 1780. The van der Waals surface area contributed by atoms with Crippen LogP contribution in [0.1, 0.15) is 11.1 Å². The van der Waals surface area contributed by atoms with Crippen LogP contribution in [0.3, 0.4) is 0 Å². The number of hydrogen-bond acceptors (Lipinski definition) is 0. The third-order valence-electron chi connectivity index (χ3n) is 9.02. The minimum atomic E-state index is -2.65. The van der Waals surface area contributed by atoms with E-state index in [9.17, 15) is 0 Å². The summed E-state index contributed by atoms with van der Waals surface area (Å²) in [6.07, 6.45) is 0. The molecule has 0 bridgehead atoms. The van der Waals surface area contributed by atoms with Gasteiger partial charge < -0.3 is 0 Å². The Labute approximate surface area is 255 Å². The highest BCUT2D eigenvalue weighted by molar-refractivity contribution is 7.58. The fraction of sp³-hybridized carbons (Fsp3) is 0.0526. The second-order valence-electron chi connectivity index (χ2n) is 11.3. The molecular formula is C38H32BPSi2. The normalized spacial score (nSPS) is 12.2. The van der Waals surface area contributed by atoms with E-state index in [1.54, 1.807) is 0 Å². The second kappa shape index (κ2) is 11.2. The Kier molecular flexibility index (Phi) is 7.20. The number of rotatable bonds is 6. The molecular weight excluding hydrogens is 554 g/mol. The summed E-state index contributed by atoms with van der Waals surface area (Å²) in [7, 11) is 1.01. The van der Waals surface area contributed by atoms with E-state index in [4.69, 9.17) is 0 Å². The molecule has 0 aliphatic carbocycles. The summed E-state index contributed by atoms with van der Waals surface area (Å²) in [5.74, 6) is 0. The van der Waals surface area contributed by atoms with Crippen molar-refractivity contribution in [2.45, 2.75) is 13.8 Å². The summed E-state index contributed by atoms with van der Waals surface area (Å²) in [5, 5.41) is 7.15. The first-order valence-corrected chi connectivity index (χ1v) is 19.4. The lowest BCUT2D eigenvalue weighted by Gasteiger charge is -2.36. The first kappa shape index (κ1) is 27.1. The van der Waals surface area contributed by atoms with E-state index in [1.165, 1.54) is 64.6 Å². The maximum absolute atomic E-state index is 2.97. The highest BCUT2D eigenvalue weighted by atomic mass is 31.3. The third kappa shape index (κ3) is 4.31. The van der Waals surface area contributed by atoms with Crippen molar-refractivity contribution in [1.82, 2.24) is 0 Å². The quantitative estimate of drug-likeness (QED) is 0.160. The van der Waals surface area contributed by atoms with Gasteiger partial charge in [0.2, 0.25) is 6.71 Å². The first-order chi connectivity index (χ1) is 20.6. The minimum Gasteiger partial charge on any atom is -0.148 e. The van der Waals surface area contributed by atoms with Crippen LogP contribution in [0.4, 0.5) is 0 Å². The molecule has 0 N–H and O–H groups in total. The van der Waals surface area contributed by atoms with Gasteiger partial charge in [0.1, 0.15) is 9.19 Å². The van der Waals surface area contributed by atoms with Gasteiger partial charge in [0.25, 0.3) is 0 Å².